The second-order valence-corrected chi connectivity index (χ2v) is 5.73. The molecule has 3 rings (SSSR count). The molecule has 0 saturated heterocycles. The van der Waals surface area contributed by atoms with E-state index in [0.29, 0.717) is 0 Å². The molecular formula is C19H23N5. The summed E-state index contributed by atoms with van der Waals surface area (Å²) in [6, 6.07) is 16.4. The van der Waals surface area contributed by atoms with Crippen molar-refractivity contribution in [2.45, 2.75) is 19.9 Å². The first kappa shape index (κ1) is 16.1. The summed E-state index contributed by atoms with van der Waals surface area (Å²) >= 11 is 0. The summed E-state index contributed by atoms with van der Waals surface area (Å²) in [5, 5.41) is 6.68. The van der Waals surface area contributed by atoms with Crippen LogP contribution in [0.5, 0.6) is 0 Å². The molecule has 124 valence electrons. The van der Waals surface area contributed by atoms with E-state index in [1.807, 2.05) is 24.3 Å². The van der Waals surface area contributed by atoms with Gasteiger partial charge >= 0.3 is 0 Å². The van der Waals surface area contributed by atoms with Crippen LogP contribution in [0.2, 0.25) is 0 Å². The number of aromatic nitrogens is 2. The fourth-order valence-corrected chi connectivity index (χ4v) is 2.63. The van der Waals surface area contributed by atoms with E-state index < -0.39 is 0 Å². The Kier molecular flexibility index (Phi) is 5.11. The van der Waals surface area contributed by atoms with Crippen LogP contribution < -0.4 is 10.6 Å². The molecule has 5 nitrogen and oxygen atoms in total. The van der Waals surface area contributed by atoms with E-state index in [1.165, 1.54) is 11.1 Å². The quantitative estimate of drug-likeness (QED) is 0.500. The predicted molar refractivity (Wildman–Crippen MR) is 99.2 cm³/mol. The molecule has 2 aromatic carbocycles. The van der Waals surface area contributed by atoms with Crippen molar-refractivity contribution in [1.82, 2.24) is 20.6 Å². The van der Waals surface area contributed by atoms with E-state index in [9.17, 15) is 0 Å². The smallest absolute Gasteiger partial charge is 0.191 e. The molecule has 1 aromatic heterocycles. The van der Waals surface area contributed by atoms with Crippen molar-refractivity contribution >= 4 is 17.0 Å². The molecule has 0 radical (unpaired) electrons. The number of para-hydroxylation sites is 2. The van der Waals surface area contributed by atoms with E-state index in [1.54, 1.807) is 7.05 Å². The maximum atomic E-state index is 4.58. The van der Waals surface area contributed by atoms with Gasteiger partial charge in [0.25, 0.3) is 0 Å². The summed E-state index contributed by atoms with van der Waals surface area (Å²) < 4.78 is 0. The third kappa shape index (κ3) is 3.93. The first-order chi connectivity index (χ1) is 11.8. The fourth-order valence-electron chi connectivity index (χ4n) is 2.63. The molecule has 0 aliphatic rings. The van der Waals surface area contributed by atoms with Crippen LogP contribution in [0.4, 0.5) is 0 Å². The molecule has 24 heavy (non-hydrogen) atoms. The molecule has 0 amide bonds. The molecule has 0 bridgehead atoms. The molecular weight excluding hydrogens is 298 g/mol. The van der Waals surface area contributed by atoms with Gasteiger partial charge in [-0.2, -0.15) is 0 Å². The molecule has 5 heteroatoms. The summed E-state index contributed by atoms with van der Waals surface area (Å²) in [6.07, 6.45) is 0.819. The third-order valence-corrected chi connectivity index (χ3v) is 4.02. The van der Waals surface area contributed by atoms with Gasteiger partial charge < -0.3 is 15.6 Å². The number of imidazole rings is 1. The van der Waals surface area contributed by atoms with Crippen LogP contribution in [0, 0.1) is 6.92 Å². The number of aliphatic imine (C=N–C) groups is 1. The summed E-state index contributed by atoms with van der Waals surface area (Å²) in [5.74, 6) is 1.78. The first-order valence-corrected chi connectivity index (χ1v) is 8.19. The fraction of sp³-hybridized carbons (Fsp3) is 0.263. The molecule has 0 aliphatic heterocycles. The molecule has 3 N–H and O–H groups in total. The highest BCUT2D eigenvalue weighted by atomic mass is 15.2. The van der Waals surface area contributed by atoms with Crippen LogP contribution >= 0.6 is 0 Å². The van der Waals surface area contributed by atoms with E-state index >= 15 is 0 Å². The number of aryl methyl sites for hydroxylation is 1. The number of fused-ring (bicyclic) bond motifs is 1. The molecule has 0 fully saturated rings. The van der Waals surface area contributed by atoms with E-state index in [2.05, 4.69) is 56.8 Å². The lowest BCUT2D eigenvalue weighted by atomic mass is 10.1. The number of benzene rings is 2. The van der Waals surface area contributed by atoms with Crippen LogP contribution in [0.25, 0.3) is 11.0 Å². The zero-order valence-corrected chi connectivity index (χ0v) is 14.1. The summed E-state index contributed by atoms with van der Waals surface area (Å²) in [7, 11) is 1.79. The van der Waals surface area contributed by atoms with Gasteiger partial charge in [0.2, 0.25) is 0 Å². The topological polar surface area (TPSA) is 65.1 Å². The Hall–Kier alpha value is -2.82. The maximum Gasteiger partial charge on any atom is 0.191 e. The highest BCUT2D eigenvalue weighted by molar-refractivity contribution is 5.79. The molecule has 0 aliphatic carbocycles. The largest absolute Gasteiger partial charge is 0.356 e. The normalized spacial score (nSPS) is 11.7. The summed E-state index contributed by atoms with van der Waals surface area (Å²) in [5.41, 5.74) is 4.64. The van der Waals surface area contributed by atoms with Crippen LogP contribution in [-0.2, 0) is 13.0 Å². The lowest BCUT2D eigenvalue weighted by molar-refractivity contribution is 0.775. The zero-order valence-electron chi connectivity index (χ0n) is 14.1. The Morgan fingerprint density at radius 1 is 1.08 bits per heavy atom. The lowest BCUT2D eigenvalue weighted by Crippen LogP contribution is -2.38. The number of nitrogens with zero attached hydrogens (tertiary/aromatic N) is 2. The van der Waals surface area contributed by atoms with Crippen molar-refractivity contribution in [1.29, 1.82) is 0 Å². The van der Waals surface area contributed by atoms with Gasteiger partial charge in [-0.25, -0.2) is 4.98 Å². The van der Waals surface area contributed by atoms with Gasteiger partial charge in [-0.05, 0) is 30.2 Å². The maximum absolute atomic E-state index is 4.58. The zero-order chi connectivity index (χ0) is 16.8. The van der Waals surface area contributed by atoms with Gasteiger partial charge in [-0.15, -0.1) is 0 Å². The number of hydrogen-bond acceptors (Lipinski definition) is 2. The minimum Gasteiger partial charge on any atom is -0.356 e. The minimum atomic E-state index is 0.761. The molecule has 0 saturated carbocycles. The Morgan fingerprint density at radius 2 is 1.88 bits per heavy atom. The monoisotopic (exact) mass is 321 g/mol. The number of hydrogen-bond donors (Lipinski definition) is 3. The number of guanidine groups is 1. The van der Waals surface area contributed by atoms with Gasteiger partial charge in [0.15, 0.2) is 5.96 Å². The van der Waals surface area contributed by atoms with Gasteiger partial charge in [-0.3, -0.25) is 4.99 Å². The van der Waals surface area contributed by atoms with Gasteiger partial charge in [0, 0.05) is 26.6 Å². The Balaban J connectivity index is 1.50. The van der Waals surface area contributed by atoms with Gasteiger partial charge in [-0.1, -0.05) is 36.4 Å². The highest BCUT2D eigenvalue weighted by Crippen LogP contribution is 2.10. The molecule has 1 heterocycles. The van der Waals surface area contributed by atoms with E-state index in [-0.39, 0.29) is 0 Å². The van der Waals surface area contributed by atoms with Crippen molar-refractivity contribution in [3.63, 3.8) is 0 Å². The van der Waals surface area contributed by atoms with Crippen LogP contribution in [-0.4, -0.2) is 29.5 Å². The van der Waals surface area contributed by atoms with Crippen LogP contribution in [0.3, 0.4) is 0 Å². The Labute approximate surface area is 142 Å². The number of nitrogens with one attached hydrogen (secondary N) is 3. The SMILES string of the molecule is CN=C(NCCc1nc2ccccc2[nH]1)NCc1ccccc1C. The van der Waals surface area contributed by atoms with Crippen LogP contribution in [0.15, 0.2) is 53.5 Å². The van der Waals surface area contributed by atoms with Gasteiger partial charge in [0.05, 0.1) is 11.0 Å². The minimum absolute atomic E-state index is 0.761. The third-order valence-electron chi connectivity index (χ3n) is 4.02. The average Bonchev–Trinajstić information content (AvgIpc) is 3.02. The van der Waals surface area contributed by atoms with Crippen molar-refractivity contribution in [2.24, 2.45) is 4.99 Å². The molecule has 0 atom stereocenters. The number of H-pyrrole nitrogens is 1. The summed E-state index contributed by atoms with van der Waals surface area (Å²) in [6.45, 7) is 3.65. The van der Waals surface area contributed by atoms with E-state index in [0.717, 1.165) is 42.3 Å². The van der Waals surface area contributed by atoms with Crippen molar-refractivity contribution in [2.75, 3.05) is 13.6 Å². The predicted octanol–water partition coefficient (Wildman–Crippen LogP) is 2.78. The molecule has 0 spiro atoms. The average molecular weight is 321 g/mol. The Bertz CT molecular complexity index is 801. The lowest BCUT2D eigenvalue weighted by Gasteiger charge is -2.12. The molecule has 3 aromatic rings. The highest BCUT2D eigenvalue weighted by Gasteiger charge is 2.03. The van der Waals surface area contributed by atoms with Crippen molar-refractivity contribution in [3.8, 4) is 0 Å². The van der Waals surface area contributed by atoms with E-state index in [4.69, 9.17) is 0 Å². The first-order valence-electron chi connectivity index (χ1n) is 8.19. The van der Waals surface area contributed by atoms with Crippen LogP contribution in [0.1, 0.15) is 17.0 Å². The number of aromatic amines is 1. The summed E-state index contributed by atoms with van der Waals surface area (Å²) in [4.78, 5) is 12.2. The number of rotatable bonds is 5. The molecule has 0 unspecified atom stereocenters. The second kappa shape index (κ2) is 7.64. The second-order valence-electron chi connectivity index (χ2n) is 5.73. The Morgan fingerprint density at radius 3 is 2.67 bits per heavy atom. The van der Waals surface area contributed by atoms with Crippen molar-refractivity contribution < 1.29 is 0 Å². The van der Waals surface area contributed by atoms with Gasteiger partial charge in [0.1, 0.15) is 5.82 Å². The standard InChI is InChI=1S/C19H23N5/c1-14-7-3-4-8-15(14)13-22-19(20-2)21-12-11-18-23-16-9-5-6-10-17(16)24-18/h3-10H,11-13H2,1-2H3,(H,23,24)(H2,20,21,22). The van der Waals surface area contributed by atoms with Crippen molar-refractivity contribution in [3.05, 3.63) is 65.5 Å².